The van der Waals surface area contributed by atoms with Gasteiger partial charge in [-0.05, 0) is 12.1 Å². The Morgan fingerprint density at radius 3 is 2.94 bits per heavy atom. The smallest absolute Gasteiger partial charge is 0.341 e. The first-order valence-corrected chi connectivity index (χ1v) is 5.35. The summed E-state index contributed by atoms with van der Waals surface area (Å²) in [6.07, 6.45) is 1.97. The Hall–Kier alpha value is -1.88. The largest absolute Gasteiger partial charge is 0.477 e. The first kappa shape index (κ1) is 11.6. The van der Waals surface area contributed by atoms with Gasteiger partial charge in [-0.15, -0.1) is 0 Å². The molecule has 0 amide bonds. The van der Waals surface area contributed by atoms with Gasteiger partial charge in [0.25, 0.3) is 0 Å². The van der Waals surface area contributed by atoms with Crippen molar-refractivity contribution < 1.29 is 14.4 Å². The molecular weight excluding hydrogens is 244 g/mol. The number of pyridine rings is 1. The predicted molar refractivity (Wildman–Crippen MR) is 61.1 cm³/mol. The summed E-state index contributed by atoms with van der Waals surface area (Å²) in [7, 11) is 0. The highest BCUT2D eigenvalue weighted by Crippen LogP contribution is 2.29. The topological polar surface area (TPSA) is 76.2 Å². The summed E-state index contributed by atoms with van der Waals surface area (Å²) in [6.45, 7) is 1.79. The van der Waals surface area contributed by atoms with Gasteiger partial charge in [0.2, 0.25) is 0 Å². The number of rotatable bonds is 3. The number of aromatic nitrogens is 2. The molecule has 0 unspecified atom stereocenters. The van der Waals surface area contributed by atoms with Crippen molar-refractivity contribution in [2.45, 2.75) is 13.3 Å². The minimum Gasteiger partial charge on any atom is -0.477 e. The molecule has 17 heavy (non-hydrogen) atoms. The van der Waals surface area contributed by atoms with Gasteiger partial charge in [0.05, 0.1) is 0 Å². The summed E-state index contributed by atoms with van der Waals surface area (Å²) in [6, 6.07) is 3.31. The van der Waals surface area contributed by atoms with Gasteiger partial charge >= 0.3 is 5.97 Å². The lowest BCUT2D eigenvalue weighted by Crippen LogP contribution is -2.01. The maximum absolute atomic E-state index is 11.2. The number of aromatic carboxylic acids is 1. The summed E-state index contributed by atoms with van der Waals surface area (Å²) in [5.74, 6) is -0.759. The van der Waals surface area contributed by atoms with Crippen LogP contribution in [-0.4, -0.2) is 21.2 Å². The molecule has 2 rings (SSSR count). The van der Waals surface area contributed by atoms with E-state index in [1.165, 1.54) is 6.20 Å². The van der Waals surface area contributed by atoms with Crippen LogP contribution in [-0.2, 0) is 6.42 Å². The monoisotopic (exact) mass is 252 g/mol. The Labute approximate surface area is 102 Å². The maximum atomic E-state index is 11.2. The second-order valence-electron chi connectivity index (χ2n) is 3.33. The first-order valence-electron chi connectivity index (χ1n) is 4.97. The van der Waals surface area contributed by atoms with E-state index in [9.17, 15) is 4.79 Å². The van der Waals surface area contributed by atoms with E-state index in [4.69, 9.17) is 21.2 Å². The molecule has 1 N–H and O–H groups in total. The van der Waals surface area contributed by atoms with Crippen LogP contribution in [0.4, 0.5) is 0 Å². The Kier molecular flexibility index (Phi) is 3.10. The zero-order valence-corrected chi connectivity index (χ0v) is 9.73. The summed E-state index contributed by atoms with van der Waals surface area (Å²) < 4.78 is 5.00. The number of hydrogen-bond donors (Lipinski definition) is 1. The Balaban J connectivity index is 2.64. The van der Waals surface area contributed by atoms with E-state index in [-0.39, 0.29) is 16.4 Å². The van der Waals surface area contributed by atoms with Gasteiger partial charge in [0.1, 0.15) is 16.4 Å². The van der Waals surface area contributed by atoms with Gasteiger partial charge in [-0.25, -0.2) is 9.78 Å². The van der Waals surface area contributed by atoms with E-state index in [0.29, 0.717) is 17.7 Å². The minimum absolute atomic E-state index is 0.0439. The molecular formula is C11H9ClN2O3. The van der Waals surface area contributed by atoms with E-state index in [1.54, 1.807) is 19.1 Å². The molecule has 88 valence electrons. The highest BCUT2D eigenvalue weighted by atomic mass is 35.5. The molecule has 0 atom stereocenters. The van der Waals surface area contributed by atoms with Crippen LogP contribution in [0.25, 0.3) is 11.3 Å². The van der Waals surface area contributed by atoms with Gasteiger partial charge in [0.15, 0.2) is 5.76 Å². The van der Waals surface area contributed by atoms with Gasteiger partial charge in [-0.3, -0.25) is 0 Å². The summed E-state index contributed by atoms with van der Waals surface area (Å²) in [4.78, 5) is 15.1. The SMILES string of the molecule is CCc1onc(-c2cccnc2Cl)c1C(=O)O. The van der Waals surface area contributed by atoms with Gasteiger partial charge in [0, 0.05) is 18.2 Å². The van der Waals surface area contributed by atoms with Crippen LogP contribution in [0, 0.1) is 0 Å². The molecule has 0 bridgehead atoms. The highest BCUT2D eigenvalue weighted by molar-refractivity contribution is 6.32. The van der Waals surface area contributed by atoms with E-state index < -0.39 is 5.97 Å². The third-order valence-corrected chi connectivity index (χ3v) is 2.61. The van der Waals surface area contributed by atoms with Crippen LogP contribution < -0.4 is 0 Å². The molecule has 6 heteroatoms. The van der Waals surface area contributed by atoms with Crippen LogP contribution in [0.2, 0.25) is 5.15 Å². The molecule has 2 aromatic rings. The van der Waals surface area contributed by atoms with Crippen LogP contribution in [0.1, 0.15) is 23.0 Å². The van der Waals surface area contributed by atoms with Crippen molar-refractivity contribution in [3.8, 4) is 11.3 Å². The third kappa shape index (κ3) is 2.01. The third-order valence-electron chi connectivity index (χ3n) is 2.31. The quantitative estimate of drug-likeness (QED) is 0.850. The normalized spacial score (nSPS) is 10.5. The molecule has 2 aromatic heterocycles. The van der Waals surface area contributed by atoms with Crippen molar-refractivity contribution in [2.75, 3.05) is 0 Å². The molecule has 0 aliphatic rings. The van der Waals surface area contributed by atoms with E-state index in [0.717, 1.165) is 0 Å². The fraction of sp³-hybridized carbons (Fsp3) is 0.182. The summed E-state index contributed by atoms with van der Waals surface area (Å²) >= 11 is 5.90. The van der Waals surface area contributed by atoms with Crippen LogP contribution >= 0.6 is 11.6 Å². The van der Waals surface area contributed by atoms with Crippen LogP contribution in [0.3, 0.4) is 0 Å². The van der Waals surface area contributed by atoms with Crippen molar-refractivity contribution in [1.82, 2.24) is 10.1 Å². The number of hydrogen-bond acceptors (Lipinski definition) is 4. The average molecular weight is 253 g/mol. The van der Waals surface area contributed by atoms with E-state index >= 15 is 0 Å². The van der Waals surface area contributed by atoms with Crippen LogP contribution in [0.15, 0.2) is 22.9 Å². The standard InChI is InChI=1S/C11H9ClN2O3/c1-2-7-8(11(15)16)9(14-17-7)6-4-3-5-13-10(6)12/h3-5H,2H2,1H3,(H,15,16). The number of aryl methyl sites for hydroxylation is 1. The maximum Gasteiger partial charge on any atom is 0.341 e. The van der Waals surface area contributed by atoms with E-state index in [1.807, 2.05) is 0 Å². The van der Waals surface area contributed by atoms with Crippen molar-refractivity contribution in [2.24, 2.45) is 0 Å². The lowest BCUT2D eigenvalue weighted by molar-refractivity contribution is 0.0695. The molecule has 0 saturated carbocycles. The number of carbonyl (C=O) groups is 1. The van der Waals surface area contributed by atoms with Crippen molar-refractivity contribution in [3.63, 3.8) is 0 Å². The zero-order chi connectivity index (χ0) is 12.4. The van der Waals surface area contributed by atoms with E-state index in [2.05, 4.69) is 10.1 Å². The van der Waals surface area contributed by atoms with Crippen molar-refractivity contribution >= 4 is 17.6 Å². The zero-order valence-electron chi connectivity index (χ0n) is 8.98. The second kappa shape index (κ2) is 4.55. The van der Waals surface area contributed by atoms with Crippen molar-refractivity contribution in [1.29, 1.82) is 0 Å². The lowest BCUT2D eigenvalue weighted by atomic mass is 10.1. The van der Waals surface area contributed by atoms with Gasteiger partial charge in [-0.1, -0.05) is 23.7 Å². The molecule has 0 aliphatic heterocycles. The Bertz CT molecular complexity index is 566. The summed E-state index contributed by atoms with van der Waals surface area (Å²) in [5.41, 5.74) is 0.713. The molecule has 0 spiro atoms. The number of nitrogens with zero attached hydrogens (tertiary/aromatic N) is 2. The Morgan fingerprint density at radius 2 is 2.35 bits per heavy atom. The lowest BCUT2D eigenvalue weighted by Gasteiger charge is -2.00. The Morgan fingerprint density at radius 1 is 1.59 bits per heavy atom. The van der Waals surface area contributed by atoms with Gasteiger partial charge < -0.3 is 9.63 Å². The first-order chi connectivity index (χ1) is 8.15. The number of carboxylic acids is 1. The molecule has 0 radical (unpaired) electrons. The second-order valence-corrected chi connectivity index (χ2v) is 3.69. The molecule has 5 nitrogen and oxygen atoms in total. The number of halogens is 1. The average Bonchev–Trinajstić information content (AvgIpc) is 2.73. The van der Waals surface area contributed by atoms with Gasteiger partial charge in [-0.2, -0.15) is 0 Å². The minimum atomic E-state index is -1.09. The summed E-state index contributed by atoms with van der Waals surface area (Å²) in [5, 5.41) is 13.1. The molecule has 0 aliphatic carbocycles. The predicted octanol–water partition coefficient (Wildman–Crippen LogP) is 2.65. The fourth-order valence-electron chi connectivity index (χ4n) is 1.53. The number of carboxylic acid groups (broad SMARTS) is 1. The fourth-order valence-corrected chi connectivity index (χ4v) is 1.74. The molecule has 2 heterocycles. The molecule has 0 fully saturated rings. The highest BCUT2D eigenvalue weighted by Gasteiger charge is 2.23. The molecule has 0 saturated heterocycles. The van der Waals surface area contributed by atoms with Crippen LogP contribution in [0.5, 0.6) is 0 Å². The van der Waals surface area contributed by atoms with Crippen molar-refractivity contribution in [3.05, 3.63) is 34.8 Å². The molecule has 0 aromatic carbocycles.